The summed E-state index contributed by atoms with van der Waals surface area (Å²) >= 11 is 12.2. The van der Waals surface area contributed by atoms with Gasteiger partial charge in [-0.3, -0.25) is 13.9 Å². The third kappa shape index (κ3) is 7.44. The van der Waals surface area contributed by atoms with Crippen molar-refractivity contribution >= 4 is 50.7 Å². The van der Waals surface area contributed by atoms with E-state index >= 15 is 0 Å². The van der Waals surface area contributed by atoms with E-state index in [1.807, 2.05) is 0 Å². The molecule has 11 heteroatoms. The normalized spacial score (nSPS) is 11.9. The van der Waals surface area contributed by atoms with Crippen LogP contribution >= 0.6 is 23.2 Å². The van der Waals surface area contributed by atoms with Gasteiger partial charge in [-0.2, -0.15) is 0 Å². The molecule has 208 valence electrons. The van der Waals surface area contributed by atoms with Gasteiger partial charge in [0.1, 0.15) is 18.3 Å². The molecule has 8 nitrogen and oxygen atoms in total. The van der Waals surface area contributed by atoms with E-state index in [4.69, 9.17) is 27.9 Å². The largest absolute Gasteiger partial charge is 0.492 e. The summed E-state index contributed by atoms with van der Waals surface area (Å²) in [6.45, 7) is 5.23. The Kier molecular flexibility index (Phi) is 10.6. The molecule has 0 aliphatic heterocycles. The van der Waals surface area contributed by atoms with Crippen molar-refractivity contribution < 1.29 is 22.7 Å². The molecule has 0 radical (unpaired) electrons. The lowest BCUT2D eigenvalue weighted by molar-refractivity contribution is -0.139. The average Bonchev–Trinajstić information content (AvgIpc) is 2.93. The zero-order chi connectivity index (χ0) is 28.6. The molecule has 1 N–H and O–H groups in total. The van der Waals surface area contributed by atoms with Gasteiger partial charge >= 0.3 is 0 Å². The number of rotatable bonds is 12. The van der Waals surface area contributed by atoms with Gasteiger partial charge in [0, 0.05) is 13.1 Å². The first-order valence-corrected chi connectivity index (χ1v) is 14.6. The first-order chi connectivity index (χ1) is 18.6. The van der Waals surface area contributed by atoms with Crippen LogP contribution < -0.4 is 14.4 Å². The van der Waals surface area contributed by atoms with Gasteiger partial charge in [0.25, 0.3) is 10.0 Å². The first-order valence-electron chi connectivity index (χ1n) is 12.4. The molecule has 0 aromatic heterocycles. The molecule has 3 aromatic carbocycles. The maximum atomic E-state index is 13.9. The minimum atomic E-state index is -4.20. The zero-order valence-electron chi connectivity index (χ0n) is 21.9. The van der Waals surface area contributed by atoms with Crippen molar-refractivity contribution in [1.29, 1.82) is 0 Å². The molecule has 0 heterocycles. The Morgan fingerprint density at radius 2 is 1.62 bits per heavy atom. The molecule has 2 amide bonds. The predicted octanol–water partition coefficient (Wildman–Crippen LogP) is 5.14. The summed E-state index contributed by atoms with van der Waals surface area (Å²) in [4.78, 5) is 28.1. The smallest absolute Gasteiger partial charge is 0.264 e. The third-order valence-corrected chi connectivity index (χ3v) is 8.41. The minimum Gasteiger partial charge on any atom is -0.492 e. The molecule has 1 unspecified atom stereocenters. The summed E-state index contributed by atoms with van der Waals surface area (Å²) in [7, 11) is -4.20. The molecule has 1 atom stereocenters. The number of likely N-dealkylation sites (N-methyl/N-ethyl adjacent to an activating group) is 1. The number of para-hydroxylation sites is 2. The molecular formula is C28H31Cl2N3O5S. The lowest BCUT2D eigenvalue weighted by atomic mass is 10.1. The number of nitrogens with zero attached hydrogens (tertiary/aromatic N) is 2. The molecule has 3 aromatic rings. The number of carbonyl (C=O) groups is 2. The molecule has 0 saturated heterocycles. The second kappa shape index (κ2) is 13.7. The van der Waals surface area contributed by atoms with Gasteiger partial charge < -0.3 is 15.0 Å². The highest BCUT2D eigenvalue weighted by Gasteiger charge is 2.33. The number of carbonyl (C=O) groups excluding carboxylic acids is 2. The van der Waals surface area contributed by atoms with E-state index in [1.165, 1.54) is 17.0 Å². The van der Waals surface area contributed by atoms with Gasteiger partial charge in [-0.05, 0) is 62.7 Å². The topological polar surface area (TPSA) is 96.0 Å². The molecule has 0 fully saturated rings. The Morgan fingerprint density at radius 3 is 2.26 bits per heavy atom. The predicted molar refractivity (Wildman–Crippen MR) is 154 cm³/mol. The van der Waals surface area contributed by atoms with Crippen LogP contribution in [0.2, 0.25) is 10.0 Å². The van der Waals surface area contributed by atoms with Crippen molar-refractivity contribution in [3.63, 3.8) is 0 Å². The summed E-state index contributed by atoms with van der Waals surface area (Å²) in [6.07, 6.45) is 0. The number of hydrogen-bond acceptors (Lipinski definition) is 5. The SMILES string of the molecule is CCNC(=O)C(C)N(Cc1ccc(Cl)c(Cl)c1)C(=O)CN(c1ccccc1OCC)S(=O)(=O)c1ccccc1. The summed E-state index contributed by atoms with van der Waals surface area (Å²) in [6, 6.07) is 18.4. The summed E-state index contributed by atoms with van der Waals surface area (Å²) in [5.74, 6) is -0.663. The van der Waals surface area contributed by atoms with Gasteiger partial charge in [0.05, 0.1) is 27.2 Å². The number of hydrogen-bond donors (Lipinski definition) is 1. The quantitative estimate of drug-likeness (QED) is 0.314. The van der Waals surface area contributed by atoms with Crippen LogP contribution in [0.3, 0.4) is 0 Å². The molecule has 0 aliphatic rings. The van der Waals surface area contributed by atoms with Crippen LogP contribution in [0, 0.1) is 0 Å². The van der Waals surface area contributed by atoms with Crippen LogP contribution in [0.25, 0.3) is 0 Å². The van der Waals surface area contributed by atoms with Crippen LogP contribution in [0.4, 0.5) is 5.69 Å². The van der Waals surface area contributed by atoms with Crippen LogP contribution in [-0.2, 0) is 26.2 Å². The van der Waals surface area contributed by atoms with E-state index in [2.05, 4.69) is 5.32 Å². The highest BCUT2D eigenvalue weighted by Crippen LogP contribution is 2.33. The number of anilines is 1. The van der Waals surface area contributed by atoms with Crippen molar-refractivity contribution in [3.05, 3.63) is 88.4 Å². The van der Waals surface area contributed by atoms with E-state index in [0.717, 1.165) is 4.31 Å². The number of halogens is 2. The van der Waals surface area contributed by atoms with Crippen LogP contribution in [-0.4, -0.2) is 50.9 Å². The standard InChI is InChI=1S/C28H31Cl2N3O5S/c1-4-31-28(35)20(3)32(18-21-15-16-23(29)24(30)17-21)27(34)19-33(25-13-9-10-14-26(25)38-5-2)39(36,37)22-11-7-6-8-12-22/h6-17,20H,4-5,18-19H2,1-3H3,(H,31,35). The Bertz CT molecular complexity index is 1400. The van der Waals surface area contributed by atoms with Gasteiger partial charge in [-0.25, -0.2) is 8.42 Å². The lowest BCUT2D eigenvalue weighted by Crippen LogP contribution is -2.51. The van der Waals surface area contributed by atoms with Crippen LogP contribution in [0.1, 0.15) is 26.3 Å². The van der Waals surface area contributed by atoms with Crippen molar-refractivity contribution in [1.82, 2.24) is 10.2 Å². The van der Waals surface area contributed by atoms with E-state index < -0.39 is 28.5 Å². The molecule has 0 aliphatic carbocycles. The molecule has 0 spiro atoms. The highest BCUT2D eigenvalue weighted by molar-refractivity contribution is 7.92. The van der Waals surface area contributed by atoms with Crippen molar-refractivity contribution in [2.75, 3.05) is 24.0 Å². The fraction of sp³-hybridized carbons (Fsp3) is 0.286. The monoisotopic (exact) mass is 591 g/mol. The molecule has 3 rings (SSSR count). The van der Waals surface area contributed by atoms with Crippen molar-refractivity contribution in [3.8, 4) is 5.75 Å². The van der Waals surface area contributed by atoms with Crippen molar-refractivity contribution in [2.45, 2.75) is 38.3 Å². The van der Waals surface area contributed by atoms with Gasteiger partial charge in [0.15, 0.2) is 0 Å². The Hall–Kier alpha value is -3.27. The molecular weight excluding hydrogens is 561 g/mol. The third-order valence-electron chi connectivity index (χ3n) is 5.90. The number of ether oxygens (including phenoxy) is 1. The molecule has 0 bridgehead atoms. The zero-order valence-corrected chi connectivity index (χ0v) is 24.3. The Balaban J connectivity index is 2.08. The van der Waals surface area contributed by atoms with Crippen LogP contribution in [0.15, 0.2) is 77.7 Å². The molecule has 39 heavy (non-hydrogen) atoms. The maximum absolute atomic E-state index is 13.9. The summed E-state index contributed by atoms with van der Waals surface area (Å²) in [5.41, 5.74) is 0.831. The van der Waals surface area contributed by atoms with E-state index in [1.54, 1.807) is 81.4 Å². The van der Waals surface area contributed by atoms with Crippen molar-refractivity contribution in [2.24, 2.45) is 0 Å². The Labute approximate surface area is 239 Å². The fourth-order valence-electron chi connectivity index (χ4n) is 3.91. The lowest BCUT2D eigenvalue weighted by Gasteiger charge is -2.32. The summed E-state index contributed by atoms with van der Waals surface area (Å²) < 4.78 is 34.5. The number of amides is 2. The number of sulfonamides is 1. The van der Waals surface area contributed by atoms with Gasteiger partial charge in [0.2, 0.25) is 11.8 Å². The first kappa shape index (κ1) is 30.3. The van der Waals surface area contributed by atoms with Crippen LogP contribution in [0.5, 0.6) is 5.75 Å². The maximum Gasteiger partial charge on any atom is 0.264 e. The number of benzene rings is 3. The number of nitrogens with one attached hydrogen (secondary N) is 1. The average molecular weight is 593 g/mol. The van der Waals surface area contributed by atoms with Gasteiger partial charge in [-0.15, -0.1) is 0 Å². The second-order valence-corrected chi connectivity index (χ2v) is 11.2. The fourth-order valence-corrected chi connectivity index (χ4v) is 5.68. The summed E-state index contributed by atoms with van der Waals surface area (Å²) in [5, 5.41) is 3.37. The van der Waals surface area contributed by atoms with Gasteiger partial charge in [-0.1, -0.05) is 59.6 Å². The minimum absolute atomic E-state index is 0.000352. The highest BCUT2D eigenvalue weighted by atomic mass is 35.5. The second-order valence-electron chi connectivity index (χ2n) is 8.57. The van der Waals surface area contributed by atoms with E-state index in [9.17, 15) is 18.0 Å². The van der Waals surface area contributed by atoms with E-state index in [0.29, 0.717) is 34.5 Å². The van der Waals surface area contributed by atoms with E-state index in [-0.39, 0.29) is 23.0 Å². The Morgan fingerprint density at radius 1 is 0.949 bits per heavy atom. The molecule has 0 saturated carbocycles.